The maximum absolute atomic E-state index is 11.1. The molecule has 0 aromatic heterocycles. The highest BCUT2D eigenvalue weighted by Gasteiger charge is 2.28. The molecule has 5 nitrogen and oxygen atoms in total. The lowest BCUT2D eigenvalue weighted by Gasteiger charge is -2.38. The van der Waals surface area contributed by atoms with E-state index in [4.69, 9.17) is 5.73 Å². The molecular weight excluding hydrogens is 254 g/mol. The van der Waals surface area contributed by atoms with Gasteiger partial charge in [0, 0.05) is 30.8 Å². The van der Waals surface area contributed by atoms with Crippen molar-refractivity contribution >= 4 is 5.69 Å². The molecule has 0 spiro atoms. The summed E-state index contributed by atoms with van der Waals surface area (Å²) in [5, 5.41) is 11.1. The van der Waals surface area contributed by atoms with E-state index in [-0.39, 0.29) is 10.6 Å². The highest BCUT2D eigenvalue weighted by molar-refractivity contribution is 5.39. The predicted octanol–water partition coefficient (Wildman–Crippen LogP) is 2.54. The number of likely N-dealkylation sites (tertiary alicyclic amines) is 1. The second-order valence-corrected chi connectivity index (χ2v) is 5.54. The van der Waals surface area contributed by atoms with Gasteiger partial charge in [-0.05, 0) is 25.3 Å². The first-order chi connectivity index (χ1) is 9.65. The highest BCUT2D eigenvalue weighted by Crippen LogP contribution is 2.28. The molecule has 1 aliphatic rings. The molecule has 0 aliphatic carbocycles. The number of hydrogen-bond acceptors (Lipinski definition) is 4. The number of para-hydroxylation sites is 1. The van der Waals surface area contributed by atoms with Crippen molar-refractivity contribution in [2.24, 2.45) is 11.7 Å². The zero-order valence-electron chi connectivity index (χ0n) is 12.0. The molecule has 1 aromatic carbocycles. The lowest BCUT2D eigenvalue weighted by molar-refractivity contribution is -0.385. The fraction of sp³-hybridized carbons (Fsp3) is 0.600. The third-order valence-corrected chi connectivity index (χ3v) is 4.36. The Morgan fingerprint density at radius 2 is 2.20 bits per heavy atom. The molecule has 2 atom stereocenters. The van der Waals surface area contributed by atoms with Crippen LogP contribution in [0.25, 0.3) is 0 Å². The fourth-order valence-corrected chi connectivity index (χ4v) is 3.05. The Kier molecular flexibility index (Phi) is 5.09. The molecule has 2 rings (SSSR count). The Hall–Kier alpha value is -1.46. The number of benzene rings is 1. The maximum atomic E-state index is 11.1. The van der Waals surface area contributed by atoms with E-state index in [1.54, 1.807) is 12.1 Å². The van der Waals surface area contributed by atoms with Crippen LogP contribution in [0.15, 0.2) is 24.3 Å². The van der Waals surface area contributed by atoms with Crippen molar-refractivity contribution in [3.05, 3.63) is 39.9 Å². The van der Waals surface area contributed by atoms with Gasteiger partial charge in [-0.1, -0.05) is 31.5 Å². The number of nitrogens with zero attached hydrogens (tertiary/aromatic N) is 2. The third kappa shape index (κ3) is 3.35. The summed E-state index contributed by atoms with van der Waals surface area (Å²) in [6.07, 6.45) is 3.46. The van der Waals surface area contributed by atoms with Crippen molar-refractivity contribution in [2.45, 2.75) is 38.8 Å². The molecule has 20 heavy (non-hydrogen) atoms. The summed E-state index contributed by atoms with van der Waals surface area (Å²) in [6.45, 7) is 4.44. The second kappa shape index (κ2) is 6.81. The molecule has 5 heteroatoms. The minimum Gasteiger partial charge on any atom is -0.329 e. The molecule has 1 saturated heterocycles. The normalized spacial score (nSPS) is 23.7. The van der Waals surface area contributed by atoms with Gasteiger partial charge in [0.2, 0.25) is 0 Å². The number of rotatable bonds is 5. The van der Waals surface area contributed by atoms with Crippen LogP contribution >= 0.6 is 0 Å². The summed E-state index contributed by atoms with van der Waals surface area (Å²) in [6, 6.07) is 7.33. The summed E-state index contributed by atoms with van der Waals surface area (Å²) in [5.41, 5.74) is 6.88. The highest BCUT2D eigenvalue weighted by atomic mass is 16.6. The van der Waals surface area contributed by atoms with Gasteiger partial charge in [0.25, 0.3) is 5.69 Å². The minimum absolute atomic E-state index is 0.209. The van der Waals surface area contributed by atoms with E-state index in [0.29, 0.717) is 19.1 Å². The number of nitro groups is 1. The predicted molar refractivity (Wildman–Crippen MR) is 79.4 cm³/mol. The molecule has 1 heterocycles. The Labute approximate surface area is 119 Å². The fourth-order valence-electron chi connectivity index (χ4n) is 3.05. The molecule has 2 unspecified atom stereocenters. The summed E-state index contributed by atoms with van der Waals surface area (Å²) in [5.74, 6) is 0.741. The zero-order valence-corrected chi connectivity index (χ0v) is 12.0. The first-order valence-corrected chi connectivity index (χ1v) is 7.32. The molecule has 1 fully saturated rings. The van der Waals surface area contributed by atoms with Crippen molar-refractivity contribution in [1.29, 1.82) is 0 Å². The van der Waals surface area contributed by atoms with Crippen molar-refractivity contribution < 1.29 is 4.92 Å². The van der Waals surface area contributed by atoms with E-state index in [9.17, 15) is 10.1 Å². The van der Waals surface area contributed by atoms with Gasteiger partial charge in [-0.3, -0.25) is 15.0 Å². The largest absolute Gasteiger partial charge is 0.329 e. The molecule has 1 aromatic rings. The molecule has 1 aliphatic heterocycles. The Morgan fingerprint density at radius 1 is 1.45 bits per heavy atom. The second-order valence-electron chi connectivity index (χ2n) is 5.54. The summed E-state index contributed by atoms with van der Waals surface area (Å²) in [7, 11) is 0. The number of nitrogens with two attached hydrogens (primary N) is 1. The van der Waals surface area contributed by atoms with Crippen LogP contribution in [0.3, 0.4) is 0 Å². The van der Waals surface area contributed by atoms with Crippen molar-refractivity contribution in [1.82, 2.24) is 4.90 Å². The van der Waals surface area contributed by atoms with E-state index in [1.165, 1.54) is 6.42 Å². The van der Waals surface area contributed by atoms with Crippen LogP contribution in [-0.2, 0) is 6.54 Å². The minimum atomic E-state index is -0.300. The lowest BCUT2D eigenvalue weighted by atomic mass is 9.88. The number of nitro benzene ring substituents is 1. The Morgan fingerprint density at radius 3 is 2.85 bits per heavy atom. The monoisotopic (exact) mass is 277 g/mol. The first kappa shape index (κ1) is 14.9. The zero-order chi connectivity index (χ0) is 14.5. The average Bonchev–Trinajstić information content (AvgIpc) is 2.48. The average molecular weight is 277 g/mol. The molecule has 2 N–H and O–H groups in total. The van der Waals surface area contributed by atoms with Gasteiger partial charge in [0.15, 0.2) is 0 Å². The van der Waals surface area contributed by atoms with Crippen LogP contribution in [0.5, 0.6) is 0 Å². The van der Waals surface area contributed by atoms with E-state index in [1.807, 2.05) is 12.1 Å². The van der Waals surface area contributed by atoms with Crippen LogP contribution < -0.4 is 5.73 Å². The number of hydrogen-bond donors (Lipinski definition) is 1. The molecule has 0 bridgehead atoms. The van der Waals surface area contributed by atoms with E-state index < -0.39 is 0 Å². The van der Waals surface area contributed by atoms with Gasteiger partial charge in [0.05, 0.1) is 4.92 Å². The number of piperidine rings is 1. The topological polar surface area (TPSA) is 72.4 Å². The summed E-state index contributed by atoms with van der Waals surface area (Å²) in [4.78, 5) is 13.1. The molecule has 0 saturated carbocycles. The van der Waals surface area contributed by atoms with Crippen LogP contribution in [-0.4, -0.2) is 29.0 Å². The smallest absolute Gasteiger partial charge is 0.273 e. The first-order valence-electron chi connectivity index (χ1n) is 7.32. The summed E-state index contributed by atoms with van der Waals surface area (Å²) < 4.78 is 0. The van der Waals surface area contributed by atoms with Gasteiger partial charge in [-0.25, -0.2) is 0 Å². The van der Waals surface area contributed by atoms with Crippen LogP contribution in [0.2, 0.25) is 0 Å². The van der Waals surface area contributed by atoms with Gasteiger partial charge in [0.1, 0.15) is 0 Å². The summed E-state index contributed by atoms with van der Waals surface area (Å²) >= 11 is 0. The van der Waals surface area contributed by atoms with Crippen molar-refractivity contribution in [3.63, 3.8) is 0 Å². The Bertz CT molecular complexity index is 464. The van der Waals surface area contributed by atoms with Gasteiger partial charge < -0.3 is 5.73 Å². The van der Waals surface area contributed by atoms with Crippen molar-refractivity contribution in [2.75, 3.05) is 13.1 Å². The van der Waals surface area contributed by atoms with E-state index in [2.05, 4.69) is 11.8 Å². The van der Waals surface area contributed by atoms with Gasteiger partial charge >= 0.3 is 0 Å². The standard InChI is InChI=1S/C15H23N3O2/c1-2-12-7-8-17(14(9-12)10-16)11-13-5-3-4-6-15(13)18(19)20/h3-6,12,14H,2,7-11,16H2,1H3. The molecular formula is C15H23N3O2. The molecule has 0 radical (unpaired) electrons. The van der Waals surface area contributed by atoms with Crippen LogP contribution in [0.1, 0.15) is 31.7 Å². The Balaban J connectivity index is 2.11. The maximum Gasteiger partial charge on any atom is 0.273 e. The van der Waals surface area contributed by atoms with E-state index >= 15 is 0 Å². The quantitative estimate of drug-likeness (QED) is 0.663. The van der Waals surface area contributed by atoms with Crippen LogP contribution in [0, 0.1) is 16.0 Å². The van der Waals surface area contributed by atoms with Gasteiger partial charge in [-0.2, -0.15) is 0 Å². The molecule has 110 valence electrons. The van der Waals surface area contributed by atoms with E-state index in [0.717, 1.165) is 30.9 Å². The van der Waals surface area contributed by atoms with Crippen LogP contribution in [0.4, 0.5) is 5.69 Å². The molecule has 0 amide bonds. The SMILES string of the molecule is CCC1CCN(Cc2ccccc2[N+](=O)[O-])C(CN)C1. The lowest BCUT2D eigenvalue weighted by Crippen LogP contribution is -2.46. The van der Waals surface area contributed by atoms with Gasteiger partial charge in [-0.15, -0.1) is 0 Å². The van der Waals surface area contributed by atoms with Crippen molar-refractivity contribution in [3.8, 4) is 0 Å². The third-order valence-electron chi connectivity index (χ3n) is 4.36.